The highest BCUT2D eigenvalue weighted by molar-refractivity contribution is 14.0. The van der Waals surface area contributed by atoms with Crippen LogP contribution in [0.15, 0.2) is 35.6 Å². The first kappa shape index (κ1) is 24.0. The number of aliphatic imine (C=N–C) groups is 1. The van der Waals surface area contributed by atoms with Gasteiger partial charge in [0.15, 0.2) is 5.96 Å². The van der Waals surface area contributed by atoms with Crippen LogP contribution in [0, 0.1) is 0 Å². The van der Waals surface area contributed by atoms with E-state index in [9.17, 15) is 4.79 Å². The molecule has 2 rings (SSSR count). The van der Waals surface area contributed by atoms with Crippen LogP contribution in [-0.2, 0) is 11.2 Å². The Kier molecular flexibility index (Phi) is 10.0. The number of halogens is 1. The molecule has 9 heteroatoms. The molecule has 3 N–H and O–H groups in total. The molecule has 0 fully saturated rings. The number of guanidine groups is 1. The number of carbonyl (C=O) groups excluding carboxylic acids is 1. The average molecular weight is 502 g/mol. The van der Waals surface area contributed by atoms with Crippen molar-refractivity contribution < 1.29 is 9.53 Å². The van der Waals surface area contributed by atoms with Gasteiger partial charge in [-0.2, -0.15) is 0 Å². The summed E-state index contributed by atoms with van der Waals surface area (Å²) in [4.78, 5) is 20.7. The van der Waals surface area contributed by atoms with E-state index in [2.05, 4.69) is 25.9 Å². The van der Waals surface area contributed by atoms with Gasteiger partial charge in [0, 0.05) is 45.0 Å². The van der Waals surface area contributed by atoms with Crippen molar-refractivity contribution in [3.05, 3.63) is 36.3 Å². The molecule has 1 amide bonds. The third-order valence-electron chi connectivity index (χ3n) is 3.48. The Morgan fingerprint density at radius 3 is 2.64 bits per heavy atom. The van der Waals surface area contributed by atoms with Crippen molar-refractivity contribution >= 4 is 41.7 Å². The number of amides is 1. The second-order valence-electron chi connectivity index (χ2n) is 7.06. The van der Waals surface area contributed by atoms with Crippen molar-refractivity contribution in [2.45, 2.75) is 39.7 Å². The number of pyridine rings is 1. The molecule has 0 aliphatic carbocycles. The van der Waals surface area contributed by atoms with Crippen molar-refractivity contribution in [3.8, 4) is 0 Å². The van der Waals surface area contributed by atoms with Crippen LogP contribution < -0.4 is 16.0 Å². The van der Waals surface area contributed by atoms with Crippen LogP contribution in [0.4, 0.5) is 4.79 Å². The number of nitrogens with one attached hydrogen (secondary N) is 3. The Labute approximate surface area is 183 Å². The molecule has 2 aromatic heterocycles. The van der Waals surface area contributed by atoms with Gasteiger partial charge in [-0.15, -0.1) is 24.0 Å². The number of fused-ring (bicyclic) bond motifs is 1. The summed E-state index contributed by atoms with van der Waals surface area (Å²) in [6.45, 7) is 9.92. The van der Waals surface area contributed by atoms with Gasteiger partial charge in [0.2, 0.25) is 0 Å². The third kappa shape index (κ3) is 8.77. The summed E-state index contributed by atoms with van der Waals surface area (Å²) < 4.78 is 7.20. The normalized spacial score (nSPS) is 11.6. The standard InChI is InChI=1S/C19H30N6O2.HI/c1-5-20-17(22-11-12-23-18(26)27-19(2,3)4)21-10-9-15-14-25-13-7-6-8-16(25)24-15;/h6-8,13-14H,5,9-12H2,1-4H3,(H,23,26)(H2,20,21,22);1H. The lowest BCUT2D eigenvalue weighted by molar-refractivity contribution is 0.0529. The van der Waals surface area contributed by atoms with Crippen LogP contribution in [0.5, 0.6) is 0 Å². The number of hydrogen-bond acceptors (Lipinski definition) is 4. The Morgan fingerprint density at radius 1 is 1.21 bits per heavy atom. The number of imidazole rings is 1. The van der Waals surface area contributed by atoms with Crippen LogP contribution in [0.3, 0.4) is 0 Å². The van der Waals surface area contributed by atoms with Gasteiger partial charge in [0.1, 0.15) is 11.2 Å². The molecule has 2 heterocycles. The summed E-state index contributed by atoms with van der Waals surface area (Å²) in [6, 6.07) is 5.94. The Balaban J connectivity index is 0.00000392. The molecule has 0 atom stereocenters. The molecule has 2 aromatic rings. The van der Waals surface area contributed by atoms with Gasteiger partial charge in [0.05, 0.1) is 5.69 Å². The predicted octanol–water partition coefficient (Wildman–Crippen LogP) is 2.57. The van der Waals surface area contributed by atoms with E-state index in [1.165, 1.54) is 0 Å². The summed E-state index contributed by atoms with van der Waals surface area (Å²) in [5.41, 5.74) is 1.45. The Bertz CT molecular complexity index is 736. The zero-order valence-electron chi connectivity index (χ0n) is 17.0. The minimum atomic E-state index is -0.494. The van der Waals surface area contributed by atoms with Gasteiger partial charge >= 0.3 is 6.09 Å². The zero-order valence-corrected chi connectivity index (χ0v) is 19.3. The highest BCUT2D eigenvalue weighted by Crippen LogP contribution is 2.06. The maximum atomic E-state index is 11.6. The first-order chi connectivity index (χ1) is 12.9. The SMILES string of the molecule is CCNC(=NCCc1cn2ccccc2n1)NCCNC(=O)OC(C)(C)C.I. The monoisotopic (exact) mass is 502 g/mol. The van der Waals surface area contributed by atoms with Gasteiger partial charge in [-0.05, 0) is 39.8 Å². The van der Waals surface area contributed by atoms with E-state index in [1.54, 1.807) is 0 Å². The highest BCUT2D eigenvalue weighted by Gasteiger charge is 2.15. The average Bonchev–Trinajstić information content (AvgIpc) is 2.99. The van der Waals surface area contributed by atoms with Gasteiger partial charge < -0.3 is 25.1 Å². The zero-order chi connectivity index (χ0) is 19.7. The quantitative estimate of drug-likeness (QED) is 0.234. The van der Waals surface area contributed by atoms with Crippen molar-refractivity contribution in [1.82, 2.24) is 25.3 Å². The molecule has 0 spiro atoms. The van der Waals surface area contributed by atoms with Gasteiger partial charge in [-0.3, -0.25) is 4.99 Å². The summed E-state index contributed by atoms with van der Waals surface area (Å²) in [5, 5.41) is 9.10. The largest absolute Gasteiger partial charge is 0.444 e. The summed E-state index contributed by atoms with van der Waals surface area (Å²) in [7, 11) is 0. The second kappa shape index (κ2) is 11.7. The molecule has 0 aliphatic heterocycles. The molecule has 8 nitrogen and oxygen atoms in total. The van der Waals surface area contributed by atoms with Crippen molar-refractivity contribution in [2.75, 3.05) is 26.2 Å². The predicted molar refractivity (Wildman–Crippen MR) is 123 cm³/mol. The molecule has 0 unspecified atom stereocenters. The number of rotatable bonds is 7. The summed E-state index contributed by atoms with van der Waals surface area (Å²) in [5.74, 6) is 0.715. The van der Waals surface area contributed by atoms with Crippen molar-refractivity contribution in [2.24, 2.45) is 4.99 Å². The number of alkyl carbamates (subject to hydrolysis) is 1. The van der Waals surface area contributed by atoms with E-state index in [-0.39, 0.29) is 24.0 Å². The fraction of sp³-hybridized carbons (Fsp3) is 0.526. The van der Waals surface area contributed by atoms with Gasteiger partial charge in [-0.25, -0.2) is 9.78 Å². The molecular weight excluding hydrogens is 471 g/mol. The number of carbonyl (C=O) groups is 1. The third-order valence-corrected chi connectivity index (χ3v) is 3.48. The number of aromatic nitrogens is 2. The van der Waals surface area contributed by atoms with Crippen molar-refractivity contribution in [3.63, 3.8) is 0 Å². The fourth-order valence-corrected chi connectivity index (χ4v) is 2.39. The minimum absolute atomic E-state index is 0. The van der Waals surface area contributed by atoms with E-state index >= 15 is 0 Å². The molecule has 0 bridgehead atoms. The number of ether oxygens (including phenoxy) is 1. The second-order valence-corrected chi connectivity index (χ2v) is 7.06. The van der Waals surface area contributed by atoms with Crippen LogP contribution >= 0.6 is 24.0 Å². The van der Waals surface area contributed by atoms with E-state index in [4.69, 9.17) is 4.74 Å². The van der Waals surface area contributed by atoms with Gasteiger partial charge in [0.25, 0.3) is 0 Å². The smallest absolute Gasteiger partial charge is 0.407 e. The first-order valence-corrected chi connectivity index (χ1v) is 9.29. The maximum absolute atomic E-state index is 11.6. The summed E-state index contributed by atoms with van der Waals surface area (Å²) in [6.07, 6.45) is 4.35. The lowest BCUT2D eigenvalue weighted by atomic mass is 10.2. The van der Waals surface area contributed by atoms with E-state index < -0.39 is 11.7 Å². The minimum Gasteiger partial charge on any atom is -0.444 e. The molecule has 0 aromatic carbocycles. The number of nitrogens with zero attached hydrogens (tertiary/aromatic N) is 3. The Hall–Kier alpha value is -2.04. The van der Waals surface area contributed by atoms with Crippen molar-refractivity contribution in [1.29, 1.82) is 0 Å². The molecule has 0 saturated carbocycles. The van der Waals surface area contributed by atoms with Gasteiger partial charge in [-0.1, -0.05) is 6.07 Å². The Morgan fingerprint density at radius 2 is 1.96 bits per heavy atom. The molecule has 0 saturated heterocycles. The maximum Gasteiger partial charge on any atom is 0.407 e. The fourth-order valence-electron chi connectivity index (χ4n) is 2.39. The van der Waals surface area contributed by atoms with E-state index in [0.717, 1.165) is 24.3 Å². The first-order valence-electron chi connectivity index (χ1n) is 9.29. The molecule has 28 heavy (non-hydrogen) atoms. The van der Waals surface area contributed by atoms with Crippen LogP contribution in [0.2, 0.25) is 0 Å². The molecular formula is C19H31IN6O2. The highest BCUT2D eigenvalue weighted by atomic mass is 127. The lowest BCUT2D eigenvalue weighted by Gasteiger charge is -2.19. The topological polar surface area (TPSA) is 92.0 Å². The van der Waals surface area contributed by atoms with Crippen LogP contribution in [-0.4, -0.2) is 53.2 Å². The van der Waals surface area contributed by atoms with E-state index in [1.807, 2.05) is 62.7 Å². The lowest BCUT2D eigenvalue weighted by Crippen LogP contribution is -2.42. The van der Waals surface area contributed by atoms with Crippen LogP contribution in [0.1, 0.15) is 33.4 Å². The number of hydrogen-bond donors (Lipinski definition) is 3. The summed E-state index contributed by atoms with van der Waals surface area (Å²) >= 11 is 0. The van der Waals surface area contributed by atoms with Crippen LogP contribution in [0.25, 0.3) is 5.65 Å². The van der Waals surface area contributed by atoms with E-state index in [0.29, 0.717) is 25.6 Å². The molecule has 0 aliphatic rings. The molecule has 156 valence electrons. The molecule has 0 radical (unpaired) electrons.